The quantitative estimate of drug-likeness (QED) is 0.877. The van der Waals surface area contributed by atoms with Crippen LogP contribution in [-0.2, 0) is 10.0 Å². The zero-order valence-electron chi connectivity index (χ0n) is 11.0. The Morgan fingerprint density at radius 3 is 2.71 bits per heavy atom. The van der Waals surface area contributed by atoms with E-state index in [2.05, 4.69) is 9.71 Å². The summed E-state index contributed by atoms with van der Waals surface area (Å²) in [5, 5.41) is 8.81. The van der Waals surface area contributed by atoms with Crippen LogP contribution in [0.4, 0.5) is 5.69 Å². The fourth-order valence-corrected chi connectivity index (χ4v) is 2.78. The first kappa shape index (κ1) is 14.6. The van der Waals surface area contributed by atoms with E-state index in [1.165, 1.54) is 31.5 Å². The Labute approximate surface area is 120 Å². The van der Waals surface area contributed by atoms with Gasteiger partial charge >= 0.3 is 0 Å². The van der Waals surface area contributed by atoms with Gasteiger partial charge in [-0.2, -0.15) is 5.26 Å². The van der Waals surface area contributed by atoms with Crippen LogP contribution in [0.5, 0.6) is 5.75 Å². The van der Waals surface area contributed by atoms with Gasteiger partial charge in [0.15, 0.2) is 4.90 Å². The SMILES string of the molecule is COc1cc(C#N)ccc1NS(=O)(=O)c1c[nH]ccc1=O. The van der Waals surface area contributed by atoms with Gasteiger partial charge in [0.05, 0.1) is 24.4 Å². The largest absolute Gasteiger partial charge is 0.495 e. The Kier molecular flexibility index (Phi) is 3.95. The first-order valence-corrected chi connectivity index (χ1v) is 7.24. The predicted octanol–water partition coefficient (Wildman–Crippen LogP) is 1.06. The highest BCUT2D eigenvalue weighted by atomic mass is 32.2. The van der Waals surface area contributed by atoms with Crippen molar-refractivity contribution in [1.29, 1.82) is 5.26 Å². The molecule has 0 aliphatic carbocycles. The number of aromatic nitrogens is 1. The standard InChI is InChI=1S/C13H11N3O4S/c1-20-12-6-9(7-14)2-3-10(12)16-21(18,19)13-8-15-5-4-11(13)17/h2-6,8,16H,1H3,(H,15,17). The maximum Gasteiger partial charge on any atom is 0.267 e. The number of anilines is 1. The predicted molar refractivity (Wildman–Crippen MR) is 75.6 cm³/mol. The summed E-state index contributed by atoms with van der Waals surface area (Å²) in [5.74, 6) is 0.185. The number of hydrogen-bond donors (Lipinski definition) is 2. The summed E-state index contributed by atoms with van der Waals surface area (Å²) >= 11 is 0. The van der Waals surface area contributed by atoms with E-state index in [-0.39, 0.29) is 11.4 Å². The lowest BCUT2D eigenvalue weighted by Gasteiger charge is -2.11. The van der Waals surface area contributed by atoms with E-state index < -0.39 is 20.3 Å². The zero-order valence-corrected chi connectivity index (χ0v) is 11.8. The Morgan fingerprint density at radius 1 is 1.33 bits per heavy atom. The average Bonchev–Trinajstić information content (AvgIpc) is 2.47. The van der Waals surface area contributed by atoms with Crippen molar-refractivity contribution in [2.45, 2.75) is 4.90 Å². The molecule has 0 saturated carbocycles. The fraction of sp³-hybridized carbons (Fsp3) is 0.0769. The molecule has 0 atom stereocenters. The molecule has 2 rings (SSSR count). The molecule has 7 nitrogen and oxygen atoms in total. The summed E-state index contributed by atoms with van der Waals surface area (Å²) in [7, 11) is -2.70. The Morgan fingerprint density at radius 2 is 2.10 bits per heavy atom. The van der Waals surface area contributed by atoms with Crippen LogP contribution < -0.4 is 14.9 Å². The molecule has 1 heterocycles. The number of sulfonamides is 1. The maximum absolute atomic E-state index is 12.2. The minimum Gasteiger partial charge on any atom is -0.495 e. The van der Waals surface area contributed by atoms with Crippen LogP contribution in [0.2, 0.25) is 0 Å². The molecular formula is C13H11N3O4S. The molecule has 0 aliphatic heterocycles. The number of nitrogens with zero attached hydrogens (tertiary/aromatic N) is 1. The van der Waals surface area contributed by atoms with Crippen LogP contribution in [-0.4, -0.2) is 20.5 Å². The summed E-state index contributed by atoms with van der Waals surface area (Å²) in [6.45, 7) is 0. The molecule has 0 amide bonds. The first-order chi connectivity index (χ1) is 9.97. The lowest BCUT2D eigenvalue weighted by Crippen LogP contribution is -2.21. The number of nitrogens with one attached hydrogen (secondary N) is 2. The number of pyridine rings is 1. The molecule has 21 heavy (non-hydrogen) atoms. The summed E-state index contributed by atoms with van der Waals surface area (Å²) in [5.41, 5.74) is -0.166. The Hall–Kier alpha value is -2.79. The van der Waals surface area contributed by atoms with Crippen LogP contribution in [0.15, 0.2) is 46.3 Å². The van der Waals surface area contributed by atoms with Crippen LogP contribution in [0.3, 0.4) is 0 Å². The van der Waals surface area contributed by atoms with Gasteiger partial charge in [0.2, 0.25) is 5.43 Å². The summed E-state index contributed by atoms with van der Waals surface area (Å²) < 4.78 is 31.7. The van der Waals surface area contributed by atoms with E-state index in [1.54, 1.807) is 0 Å². The molecule has 0 spiro atoms. The van der Waals surface area contributed by atoms with Gasteiger partial charge in [0.1, 0.15) is 5.75 Å². The zero-order chi connectivity index (χ0) is 15.5. The van der Waals surface area contributed by atoms with E-state index in [0.717, 1.165) is 12.3 Å². The van der Waals surface area contributed by atoms with Gasteiger partial charge in [-0.25, -0.2) is 8.42 Å². The van der Waals surface area contributed by atoms with E-state index in [0.29, 0.717) is 5.56 Å². The van der Waals surface area contributed by atoms with Crippen molar-refractivity contribution in [1.82, 2.24) is 4.98 Å². The van der Waals surface area contributed by atoms with E-state index in [1.807, 2.05) is 6.07 Å². The molecule has 0 aliphatic rings. The third-order valence-electron chi connectivity index (χ3n) is 2.65. The first-order valence-electron chi connectivity index (χ1n) is 5.76. The molecule has 2 aromatic rings. The highest BCUT2D eigenvalue weighted by molar-refractivity contribution is 7.92. The van der Waals surface area contributed by atoms with Crippen LogP contribution in [0.25, 0.3) is 0 Å². The molecule has 0 radical (unpaired) electrons. The van der Waals surface area contributed by atoms with Crippen molar-refractivity contribution in [3.8, 4) is 11.8 Å². The molecule has 0 saturated heterocycles. The molecular weight excluding hydrogens is 294 g/mol. The average molecular weight is 305 g/mol. The van der Waals surface area contributed by atoms with Crippen molar-refractivity contribution in [2.75, 3.05) is 11.8 Å². The van der Waals surface area contributed by atoms with Crippen molar-refractivity contribution < 1.29 is 13.2 Å². The third-order valence-corrected chi connectivity index (χ3v) is 4.04. The van der Waals surface area contributed by atoms with Gasteiger partial charge in [-0.3, -0.25) is 9.52 Å². The van der Waals surface area contributed by atoms with Gasteiger partial charge in [0.25, 0.3) is 10.0 Å². The Bertz CT molecular complexity index is 865. The molecule has 1 aromatic carbocycles. The lowest BCUT2D eigenvalue weighted by atomic mass is 10.2. The highest BCUT2D eigenvalue weighted by Gasteiger charge is 2.19. The molecule has 0 bridgehead atoms. The van der Waals surface area contributed by atoms with Gasteiger partial charge < -0.3 is 9.72 Å². The van der Waals surface area contributed by atoms with Gasteiger partial charge in [-0.15, -0.1) is 0 Å². The molecule has 108 valence electrons. The summed E-state index contributed by atoms with van der Waals surface area (Å²) in [4.78, 5) is 13.7. The van der Waals surface area contributed by atoms with Crippen molar-refractivity contribution >= 4 is 15.7 Å². The second-order valence-electron chi connectivity index (χ2n) is 4.01. The number of benzene rings is 1. The lowest BCUT2D eigenvalue weighted by molar-refractivity contribution is 0.416. The Balaban J connectivity index is 2.45. The molecule has 0 unspecified atom stereocenters. The van der Waals surface area contributed by atoms with Crippen LogP contribution in [0.1, 0.15) is 5.56 Å². The van der Waals surface area contributed by atoms with Crippen LogP contribution >= 0.6 is 0 Å². The number of hydrogen-bond acceptors (Lipinski definition) is 5. The van der Waals surface area contributed by atoms with Gasteiger partial charge in [-0.05, 0) is 12.1 Å². The normalized spacial score (nSPS) is 10.7. The number of rotatable bonds is 4. The van der Waals surface area contributed by atoms with Gasteiger partial charge in [0, 0.05) is 24.5 Å². The molecule has 1 aromatic heterocycles. The molecule has 2 N–H and O–H groups in total. The van der Waals surface area contributed by atoms with Crippen molar-refractivity contribution in [2.24, 2.45) is 0 Å². The molecule has 0 fully saturated rings. The van der Waals surface area contributed by atoms with E-state index >= 15 is 0 Å². The summed E-state index contributed by atoms with van der Waals surface area (Å²) in [6.07, 6.45) is 2.43. The minimum atomic E-state index is -4.05. The number of H-pyrrole nitrogens is 1. The number of methoxy groups -OCH3 is 1. The maximum atomic E-state index is 12.2. The monoisotopic (exact) mass is 305 g/mol. The second-order valence-corrected chi connectivity index (χ2v) is 5.66. The van der Waals surface area contributed by atoms with Crippen LogP contribution in [0, 0.1) is 11.3 Å². The number of ether oxygens (including phenoxy) is 1. The van der Waals surface area contributed by atoms with E-state index in [9.17, 15) is 13.2 Å². The molecule has 8 heteroatoms. The smallest absolute Gasteiger partial charge is 0.267 e. The number of aromatic amines is 1. The van der Waals surface area contributed by atoms with Gasteiger partial charge in [-0.1, -0.05) is 0 Å². The number of nitriles is 1. The summed E-state index contributed by atoms with van der Waals surface area (Å²) in [6, 6.07) is 7.27. The van der Waals surface area contributed by atoms with Crippen molar-refractivity contribution in [3.63, 3.8) is 0 Å². The van der Waals surface area contributed by atoms with Crippen molar-refractivity contribution in [3.05, 3.63) is 52.4 Å². The van der Waals surface area contributed by atoms with E-state index in [4.69, 9.17) is 10.00 Å². The topological polar surface area (TPSA) is 112 Å². The highest BCUT2D eigenvalue weighted by Crippen LogP contribution is 2.27. The third kappa shape index (κ3) is 3.04. The fourth-order valence-electron chi connectivity index (χ4n) is 1.66. The second kappa shape index (κ2) is 5.68. The minimum absolute atomic E-state index is 0.139.